The minimum atomic E-state index is -4.96. The maximum atomic E-state index is 14.2. The minimum absolute atomic E-state index is 0.0450. The van der Waals surface area contributed by atoms with Gasteiger partial charge in [0.25, 0.3) is 11.8 Å². The van der Waals surface area contributed by atoms with Crippen molar-refractivity contribution in [2.24, 2.45) is 0 Å². The number of anilines is 1. The van der Waals surface area contributed by atoms with Crippen molar-refractivity contribution >= 4 is 50.5 Å². The van der Waals surface area contributed by atoms with E-state index in [1.807, 2.05) is 0 Å². The summed E-state index contributed by atoms with van der Waals surface area (Å²) in [6, 6.07) is 2.86. The van der Waals surface area contributed by atoms with Crippen LogP contribution in [0.5, 0.6) is 0 Å². The molecule has 0 aliphatic heterocycles. The molecule has 0 bridgehead atoms. The zero-order chi connectivity index (χ0) is 26.3. The molecule has 0 aromatic carbocycles. The van der Waals surface area contributed by atoms with E-state index >= 15 is 0 Å². The largest absolute Gasteiger partial charge is 0.434 e. The highest BCUT2D eigenvalue weighted by molar-refractivity contribution is 7.17. The molecule has 11 nitrogen and oxygen atoms in total. The first-order valence-electron chi connectivity index (χ1n) is 10.3. The fourth-order valence-electron chi connectivity index (χ4n) is 3.54. The number of thiophene rings is 1. The molecule has 37 heavy (non-hydrogen) atoms. The number of amides is 2. The van der Waals surface area contributed by atoms with Crippen molar-refractivity contribution in [2.75, 3.05) is 12.4 Å². The van der Waals surface area contributed by atoms with Gasteiger partial charge in [-0.25, -0.2) is 14.6 Å². The zero-order valence-corrected chi connectivity index (χ0v) is 20.1. The molecule has 0 atom stereocenters. The van der Waals surface area contributed by atoms with E-state index in [1.54, 1.807) is 11.4 Å². The second kappa shape index (κ2) is 9.25. The minimum Gasteiger partial charge on any atom is -0.354 e. The summed E-state index contributed by atoms with van der Waals surface area (Å²) < 4.78 is 43.6. The van der Waals surface area contributed by atoms with Crippen LogP contribution in [0.15, 0.2) is 48.5 Å². The summed E-state index contributed by atoms with van der Waals surface area (Å²) in [5.41, 5.74) is -1.99. The van der Waals surface area contributed by atoms with Gasteiger partial charge in [-0.2, -0.15) is 28.5 Å². The Morgan fingerprint density at radius 2 is 1.81 bits per heavy atom. The summed E-state index contributed by atoms with van der Waals surface area (Å²) in [5.74, 6) is -1.41. The molecule has 0 fully saturated rings. The first-order valence-corrected chi connectivity index (χ1v) is 11.5. The maximum absolute atomic E-state index is 14.2. The molecular formula is C21H13ClF3N9O2S. The number of carbonyl (C=O) groups is 2. The third kappa shape index (κ3) is 4.38. The molecule has 188 valence electrons. The van der Waals surface area contributed by atoms with Gasteiger partial charge in [-0.05, 0) is 17.5 Å². The number of pyridine rings is 2. The van der Waals surface area contributed by atoms with E-state index < -0.39 is 29.2 Å². The number of hydrogen-bond donors (Lipinski definition) is 2. The maximum Gasteiger partial charge on any atom is 0.434 e. The predicted molar refractivity (Wildman–Crippen MR) is 127 cm³/mol. The molecule has 0 radical (unpaired) electrons. The monoisotopic (exact) mass is 547 g/mol. The van der Waals surface area contributed by atoms with E-state index in [-0.39, 0.29) is 27.9 Å². The fraction of sp³-hybridized carbons (Fsp3) is 0.0952. The Hall–Kier alpha value is -4.37. The van der Waals surface area contributed by atoms with Crippen molar-refractivity contribution in [1.29, 1.82) is 0 Å². The number of nitrogens with zero attached hydrogens (tertiary/aromatic N) is 7. The van der Waals surface area contributed by atoms with Crippen molar-refractivity contribution in [1.82, 2.24) is 40.1 Å². The van der Waals surface area contributed by atoms with Gasteiger partial charge in [0.05, 0.1) is 57.6 Å². The molecule has 16 heteroatoms. The van der Waals surface area contributed by atoms with Crippen molar-refractivity contribution in [3.63, 3.8) is 0 Å². The van der Waals surface area contributed by atoms with Crippen LogP contribution in [0.3, 0.4) is 0 Å². The molecule has 0 unspecified atom stereocenters. The van der Waals surface area contributed by atoms with Crippen molar-refractivity contribution in [3.05, 3.63) is 70.5 Å². The number of hydrogen-bond acceptors (Lipinski definition) is 8. The van der Waals surface area contributed by atoms with Crippen LogP contribution in [0.25, 0.3) is 21.6 Å². The van der Waals surface area contributed by atoms with Crippen LogP contribution in [0.2, 0.25) is 5.02 Å². The van der Waals surface area contributed by atoms with Crippen molar-refractivity contribution < 1.29 is 22.8 Å². The Morgan fingerprint density at radius 1 is 1.05 bits per heavy atom. The highest BCUT2D eigenvalue weighted by Crippen LogP contribution is 2.37. The SMILES string of the molecule is CNC(=O)c1ncc(-n2ncc(C(=O)Nc3cnc(-n4nccn4)c(Cl)c3)c2C(F)(F)F)c2ccsc12. The summed E-state index contributed by atoms with van der Waals surface area (Å²) in [4.78, 5) is 34.3. The van der Waals surface area contributed by atoms with E-state index in [0.29, 0.717) is 14.8 Å². The number of nitrogens with one attached hydrogen (secondary N) is 2. The van der Waals surface area contributed by atoms with Crippen LogP contribution < -0.4 is 10.6 Å². The summed E-state index contributed by atoms with van der Waals surface area (Å²) in [6.07, 6.45) is 0.980. The van der Waals surface area contributed by atoms with Crippen LogP contribution >= 0.6 is 22.9 Å². The number of halogens is 4. The van der Waals surface area contributed by atoms with Crippen LogP contribution in [0.4, 0.5) is 18.9 Å². The molecule has 5 aromatic rings. The smallest absolute Gasteiger partial charge is 0.354 e. The first-order chi connectivity index (χ1) is 17.7. The van der Waals surface area contributed by atoms with Gasteiger partial charge in [0.1, 0.15) is 5.69 Å². The molecule has 0 aliphatic rings. The topological polar surface area (TPSA) is 133 Å². The standard InChI is InChI=1S/C21H13ClF3N9O2S/c1-26-20(36)15-16-11(2-5-37-16)14(9-27-15)33-17(21(23,24)25)12(8-31-33)19(35)32-10-6-13(22)18(28-7-10)34-29-3-4-30-34/h2-9H,1H3,(H,26,36)(H,32,35). The van der Waals surface area contributed by atoms with Gasteiger partial charge in [0, 0.05) is 12.4 Å². The average molecular weight is 548 g/mol. The van der Waals surface area contributed by atoms with Gasteiger partial charge in [-0.1, -0.05) is 11.6 Å². The molecule has 2 amide bonds. The number of carbonyl (C=O) groups excluding carboxylic acids is 2. The Balaban J connectivity index is 1.53. The van der Waals surface area contributed by atoms with E-state index in [4.69, 9.17) is 11.6 Å². The summed E-state index contributed by atoms with van der Waals surface area (Å²) in [5, 5.41) is 18.4. The Kier molecular flexibility index (Phi) is 6.08. The molecule has 0 spiro atoms. The molecular weight excluding hydrogens is 535 g/mol. The molecule has 0 saturated carbocycles. The van der Waals surface area contributed by atoms with Crippen LogP contribution in [0, 0.1) is 0 Å². The number of rotatable bonds is 5. The Bertz CT molecular complexity index is 1650. The van der Waals surface area contributed by atoms with Crippen molar-refractivity contribution in [2.45, 2.75) is 6.18 Å². The van der Waals surface area contributed by atoms with Gasteiger partial charge in [0.2, 0.25) is 0 Å². The molecule has 0 saturated heterocycles. The van der Waals surface area contributed by atoms with E-state index in [0.717, 1.165) is 28.5 Å². The molecule has 0 aliphatic carbocycles. The van der Waals surface area contributed by atoms with Gasteiger partial charge in [-0.3, -0.25) is 9.59 Å². The van der Waals surface area contributed by atoms with Gasteiger partial charge >= 0.3 is 6.18 Å². The highest BCUT2D eigenvalue weighted by atomic mass is 35.5. The Labute approximate surface area is 213 Å². The van der Waals surface area contributed by atoms with E-state index in [9.17, 15) is 22.8 Å². The second-order valence-corrected chi connectivity index (χ2v) is 8.68. The quantitative estimate of drug-likeness (QED) is 0.342. The number of alkyl halides is 3. The molecule has 2 N–H and O–H groups in total. The second-order valence-electron chi connectivity index (χ2n) is 7.35. The van der Waals surface area contributed by atoms with Crippen LogP contribution in [-0.2, 0) is 6.18 Å². The highest BCUT2D eigenvalue weighted by Gasteiger charge is 2.41. The van der Waals surface area contributed by atoms with Crippen molar-refractivity contribution in [3.8, 4) is 11.5 Å². The number of fused-ring (bicyclic) bond motifs is 1. The lowest BCUT2D eigenvalue weighted by Gasteiger charge is -2.14. The lowest BCUT2D eigenvalue weighted by atomic mass is 10.2. The zero-order valence-electron chi connectivity index (χ0n) is 18.5. The summed E-state index contributed by atoms with van der Waals surface area (Å²) in [6.45, 7) is 0. The first kappa shape index (κ1) is 24.3. The molecule has 5 aromatic heterocycles. The molecule has 5 heterocycles. The predicted octanol–water partition coefficient (Wildman–Crippen LogP) is 3.74. The fourth-order valence-corrected chi connectivity index (χ4v) is 4.68. The summed E-state index contributed by atoms with van der Waals surface area (Å²) >= 11 is 7.32. The summed E-state index contributed by atoms with van der Waals surface area (Å²) in [7, 11) is 1.42. The lowest BCUT2D eigenvalue weighted by molar-refractivity contribution is -0.143. The average Bonchev–Trinajstić information content (AvgIpc) is 3.63. The lowest BCUT2D eigenvalue weighted by Crippen LogP contribution is -2.22. The van der Waals surface area contributed by atoms with E-state index in [2.05, 4.69) is 35.9 Å². The third-order valence-corrected chi connectivity index (χ3v) is 6.31. The van der Waals surface area contributed by atoms with Gasteiger partial charge in [-0.15, -0.1) is 16.1 Å². The van der Waals surface area contributed by atoms with E-state index in [1.165, 1.54) is 31.7 Å². The normalized spacial score (nSPS) is 11.6. The molecule has 5 rings (SSSR count). The van der Waals surface area contributed by atoms with Crippen LogP contribution in [-0.4, -0.2) is 53.6 Å². The van der Waals surface area contributed by atoms with Gasteiger partial charge in [0.15, 0.2) is 11.5 Å². The van der Waals surface area contributed by atoms with Gasteiger partial charge < -0.3 is 10.6 Å². The number of aromatic nitrogens is 7. The Morgan fingerprint density at radius 3 is 2.49 bits per heavy atom. The van der Waals surface area contributed by atoms with Crippen LogP contribution in [0.1, 0.15) is 26.5 Å². The third-order valence-electron chi connectivity index (χ3n) is 5.11.